The van der Waals surface area contributed by atoms with Crippen LogP contribution in [0.3, 0.4) is 0 Å². The molecule has 2 aromatic carbocycles. The number of hydrogen-bond acceptors (Lipinski definition) is 10. The number of carbonyl (C=O) groups is 3. The van der Waals surface area contributed by atoms with Gasteiger partial charge in [-0.3, -0.25) is 29.5 Å². The van der Waals surface area contributed by atoms with Crippen LogP contribution in [0.2, 0.25) is 0 Å². The molecule has 0 radical (unpaired) electrons. The smallest absolute Gasteiger partial charge is 0.259 e. The Balaban J connectivity index is 0.801. The molecule has 3 amide bonds. The van der Waals surface area contributed by atoms with E-state index in [1.54, 1.807) is 43.1 Å². The first-order valence-electron chi connectivity index (χ1n) is 19.7. The first-order valence-corrected chi connectivity index (χ1v) is 19.7. The van der Waals surface area contributed by atoms with Gasteiger partial charge in [0.15, 0.2) is 0 Å². The van der Waals surface area contributed by atoms with Gasteiger partial charge < -0.3 is 33.6 Å². The molecule has 1 atom stereocenters. The molecule has 0 saturated carbocycles. The molecule has 0 bridgehead atoms. The number of anilines is 1. The number of rotatable bonds is 12. The SMILES string of the molecule is COc1cc(-c2cn(C)c(=O)c3cnccc23)cc(OC)c1CN(C)CCCCN1CCC2(CC1)CN(c1ccc3c(c1)C(=O)N(C1CCC(=O)NC1=O)C3)C2. The zero-order valence-corrected chi connectivity index (χ0v) is 32.8. The Morgan fingerprint density at radius 1 is 0.946 bits per heavy atom. The number of nitrogens with one attached hydrogen (secondary N) is 1. The summed E-state index contributed by atoms with van der Waals surface area (Å²) in [7, 11) is 7.26. The number of fused-ring (bicyclic) bond motifs is 2. The van der Waals surface area contributed by atoms with Gasteiger partial charge in [0.2, 0.25) is 11.8 Å². The van der Waals surface area contributed by atoms with E-state index in [1.165, 1.54) is 12.8 Å². The third kappa shape index (κ3) is 7.14. The number of hydrogen-bond donors (Lipinski definition) is 1. The van der Waals surface area contributed by atoms with Crippen LogP contribution >= 0.6 is 0 Å². The van der Waals surface area contributed by atoms with E-state index >= 15 is 0 Å². The fourth-order valence-electron chi connectivity index (χ4n) is 9.16. The van der Waals surface area contributed by atoms with E-state index in [2.05, 4.69) is 38.1 Å². The summed E-state index contributed by atoms with van der Waals surface area (Å²) in [6.45, 7) is 7.35. The minimum Gasteiger partial charge on any atom is -0.496 e. The van der Waals surface area contributed by atoms with Gasteiger partial charge in [0, 0.05) is 80.5 Å². The number of ether oxygens (including phenoxy) is 2. The van der Waals surface area contributed by atoms with Gasteiger partial charge in [0.05, 0.1) is 25.2 Å². The van der Waals surface area contributed by atoms with Crippen molar-refractivity contribution in [2.75, 3.05) is 65.4 Å². The Morgan fingerprint density at radius 3 is 2.41 bits per heavy atom. The van der Waals surface area contributed by atoms with Crippen LogP contribution < -0.4 is 25.2 Å². The highest BCUT2D eigenvalue weighted by molar-refractivity contribution is 6.05. The van der Waals surface area contributed by atoms with Crippen molar-refractivity contribution in [3.05, 3.63) is 82.0 Å². The van der Waals surface area contributed by atoms with Crippen LogP contribution in [0.1, 0.15) is 60.0 Å². The average molecular weight is 762 g/mol. The monoisotopic (exact) mass is 761 g/mol. The van der Waals surface area contributed by atoms with Gasteiger partial charge in [0.1, 0.15) is 17.5 Å². The predicted molar refractivity (Wildman–Crippen MR) is 214 cm³/mol. The standard InChI is InChI=1S/C43H51N7O6/c1-46(24-35-37(55-3)19-29(20-38(35)56-4)34-25-47(2)41(53)33-22-44-14-11-31(33)34)15-5-6-16-48-17-12-43(13-18-48)26-49(27-43)30-8-7-28-23-50(42(54)32(28)21-30)36-9-10-39(51)45-40(36)52/h7-8,11,14,19-22,25,36H,5-6,9-10,12-13,15-18,23-24,26-27H2,1-4H3,(H,45,51,52). The third-order valence-electron chi connectivity index (χ3n) is 12.4. The van der Waals surface area contributed by atoms with E-state index in [9.17, 15) is 19.2 Å². The number of imide groups is 1. The van der Waals surface area contributed by atoms with Crippen LogP contribution in [0, 0.1) is 5.41 Å². The highest BCUT2D eigenvalue weighted by Gasteiger charge is 2.45. The number of aromatic nitrogens is 2. The topological polar surface area (TPSA) is 130 Å². The molecule has 8 rings (SSSR count). The zero-order valence-electron chi connectivity index (χ0n) is 32.8. The zero-order chi connectivity index (χ0) is 39.1. The molecule has 0 aliphatic carbocycles. The lowest BCUT2D eigenvalue weighted by atomic mass is 9.71. The first-order chi connectivity index (χ1) is 27.1. The van der Waals surface area contributed by atoms with Crippen molar-refractivity contribution < 1.29 is 23.9 Å². The molecule has 4 aliphatic rings. The highest BCUT2D eigenvalue weighted by Crippen LogP contribution is 2.44. The lowest BCUT2D eigenvalue weighted by molar-refractivity contribution is -0.136. The number of pyridine rings is 2. The van der Waals surface area contributed by atoms with Crippen LogP contribution in [0.4, 0.5) is 5.69 Å². The van der Waals surface area contributed by atoms with Gasteiger partial charge in [-0.25, -0.2) is 0 Å². The molecule has 4 aliphatic heterocycles. The molecule has 294 valence electrons. The predicted octanol–water partition coefficient (Wildman–Crippen LogP) is 4.19. The number of carbonyl (C=O) groups excluding carboxylic acids is 3. The summed E-state index contributed by atoms with van der Waals surface area (Å²) >= 11 is 0. The summed E-state index contributed by atoms with van der Waals surface area (Å²) < 4.78 is 13.4. The van der Waals surface area contributed by atoms with Crippen LogP contribution in [0.15, 0.2) is 59.8 Å². The van der Waals surface area contributed by atoms with Gasteiger partial charge in [-0.05, 0) is 112 Å². The maximum atomic E-state index is 13.3. The number of methoxy groups -OCH3 is 2. The lowest BCUT2D eigenvalue weighted by Crippen LogP contribution is -2.60. The molecule has 1 N–H and O–H groups in total. The second-order valence-corrected chi connectivity index (χ2v) is 16.1. The minimum atomic E-state index is -0.590. The summed E-state index contributed by atoms with van der Waals surface area (Å²) in [5.41, 5.74) is 5.75. The molecule has 4 aromatic rings. The minimum absolute atomic E-state index is 0.0836. The van der Waals surface area contributed by atoms with Crippen molar-refractivity contribution in [2.24, 2.45) is 12.5 Å². The summed E-state index contributed by atoms with van der Waals surface area (Å²) in [6.07, 6.45) is 10.4. The average Bonchev–Trinajstić information content (AvgIpc) is 3.52. The van der Waals surface area contributed by atoms with Crippen molar-refractivity contribution in [1.29, 1.82) is 0 Å². The van der Waals surface area contributed by atoms with Gasteiger partial charge in [-0.2, -0.15) is 0 Å². The molecule has 2 aromatic heterocycles. The number of unbranched alkanes of at least 4 members (excludes halogenated alkanes) is 1. The molecule has 1 unspecified atom stereocenters. The number of nitrogens with zero attached hydrogens (tertiary/aromatic N) is 6. The maximum absolute atomic E-state index is 13.3. The number of amides is 3. The Labute approximate surface area is 327 Å². The number of aryl methyl sites for hydroxylation is 1. The summed E-state index contributed by atoms with van der Waals surface area (Å²) in [5.74, 6) is 0.733. The van der Waals surface area contributed by atoms with Gasteiger partial charge in [-0.15, -0.1) is 0 Å². The van der Waals surface area contributed by atoms with Crippen molar-refractivity contribution in [1.82, 2.24) is 29.6 Å². The second-order valence-electron chi connectivity index (χ2n) is 16.1. The second kappa shape index (κ2) is 15.3. The summed E-state index contributed by atoms with van der Waals surface area (Å²) in [6, 6.07) is 11.5. The van der Waals surface area contributed by atoms with E-state index < -0.39 is 6.04 Å². The Morgan fingerprint density at radius 2 is 1.70 bits per heavy atom. The molecule has 13 nitrogen and oxygen atoms in total. The molecule has 13 heteroatoms. The van der Waals surface area contributed by atoms with E-state index in [0.29, 0.717) is 35.9 Å². The lowest BCUT2D eigenvalue weighted by Gasteiger charge is -2.55. The van der Waals surface area contributed by atoms with Crippen molar-refractivity contribution in [3.63, 3.8) is 0 Å². The molecule has 3 fully saturated rings. The highest BCUT2D eigenvalue weighted by atomic mass is 16.5. The quantitative estimate of drug-likeness (QED) is 0.166. The Hall–Kier alpha value is -5.27. The van der Waals surface area contributed by atoms with Crippen LogP contribution in [-0.4, -0.2) is 109 Å². The van der Waals surface area contributed by atoms with Crippen molar-refractivity contribution in [3.8, 4) is 22.6 Å². The number of benzene rings is 2. The van der Waals surface area contributed by atoms with E-state index in [-0.39, 0.29) is 29.7 Å². The first kappa shape index (κ1) is 37.6. The van der Waals surface area contributed by atoms with Crippen LogP contribution in [0.5, 0.6) is 11.5 Å². The van der Waals surface area contributed by atoms with E-state index in [0.717, 1.165) is 96.9 Å². The van der Waals surface area contributed by atoms with Crippen molar-refractivity contribution in [2.45, 2.75) is 57.7 Å². The molecule has 3 saturated heterocycles. The third-order valence-corrected chi connectivity index (χ3v) is 12.4. The summed E-state index contributed by atoms with van der Waals surface area (Å²) in [4.78, 5) is 63.3. The largest absolute Gasteiger partial charge is 0.496 e. The van der Waals surface area contributed by atoms with E-state index in [1.807, 2.05) is 36.5 Å². The fourth-order valence-corrected chi connectivity index (χ4v) is 9.16. The van der Waals surface area contributed by atoms with E-state index in [4.69, 9.17) is 9.47 Å². The molecule has 6 heterocycles. The van der Waals surface area contributed by atoms with Crippen LogP contribution in [-0.2, 0) is 29.7 Å². The maximum Gasteiger partial charge on any atom is 0.259 e. The molecular formula is C43H51N7O6. The van der Waals surface area contributed by atoms with Gasteiger partial charge in [0.25, 0.3) is 11.5 Å². The summed E-state index contributed by atoms with van der Waals surface area (Å²) in [5, 5.41) is 3.79. The number of piperidine rings is 2. The molecule has 1 spiro atoms. The normalized spacial score (nSPS) is 19.4. The van der Waals surface area contributed by atoms with Gasteiger partial charge >= 0.3 is 0 Å². The fraction of sp³-hybridized carbons (Fsp3) is 0.465. The van der Waals surface area contributed by atoms with Gasteiger partial charge in [-0.1, -0.05) is 6.07 Å². The molecular weight excluding hydrogens is 711 g/mol. The Kier molecular flexibility index (Phi) is 10.3. The van der Waals surface area contributed by atoms with Crippen molar-refractivity contribution >= 4 is 34.2 Å². The molecule has 56 heavy (non-hydrogen) atoms. The Bertz CT molecular complexity index is 2210. The number of likely N-dealkylation sites (tertiary alicyclic amines) is 1. The van der Waals surface area contributed by atoms with Crippen LogP contribution in [0.25, 0.3) is 21.9 Å².